The normalized spacial score (nSPS) is 10.6. The minimum Gasteiger partial charge on any atom is -0.496 e. The Bertz CT molecular complexity index is 727. The van der Waals surface area contributed by atoms with E-state index in [0.717, 1.165) is 5.56 Å². The molecule has 2 aromatic rings. The van der Waals surface area contributed by atoms with Gasteiger partial charge in [0.2, 0.25) is 0 Å². The smallest absolute Gasteiger partial charge is 0.340 e. The van der Waals surface area contributed by atoms with Crippen LogP contribution >= 0.6 is 0 Å². The fourth-order valence-corrected chi connectivity index (χ4v) is 2.22. The molecule has 0 saturated heterocycles. The van der Waals surface area contributed by atoms with Crippen LogP contribution in [0.15, 0.2) is 21.3 Å². The zero-order valence-corrected chi connectivity index (χ0v) is 11.9. The zero-order chi connectivity index (χ0) is 14.9. The van der Waals surface area contributed by atoms with Gasteiger partial charge in [-0.2, -0.15) is 0 Å². The van der Waals surface area contributed by atoms with Gasteiger partial charge in [-0.15, -0.1) is 0 Å². The maximum Gasteiger partial charge on any atom is 0.340 e. The van der Waals surface area contributed by atoms with Gasteiger partial charge in [-0.05, 0) is 37.1 Å². The highest BCUT2D eigenvalue weighted by Crippen LogP contribution is 2.30. The first-order chi connectivity index (χ1) is 9.47. The molecule has 0 radical (unpaired) electrons. The van der Waals surface area contributed by atoms with Crippen molar-refractivity contribution in [1.29, 1.82) is 0 Å². The monoisotopic (exact) mass is 276 g/mol. The molecule has 0 N–H and O–H groups in total. The molecule has 0 amide bonds. The summed E-state index contributed by atoms with van der Waals surface area (Å²) < 4.78 is 15.2. The Morgan fingerprint density at radius 2 is 1.95 bits per heavy atom. The molecule has 0 bridgehead atoms. The molecular formula is C15H16O5. The number of carbonyl (C=O) groups is 1. The summed E-state index contributed by atoms with van der Waals surface area (Å²) in [6, 6.07) is 3.63. The lowest BCUT2D eigenvalue weighted by atomic mass is 10.0. The molecule has 1 heterocycles. The molecule has 5 nitrogen and oxygen atoms in total. The largest absolute Gasteiger partial charge is 0.496 e. The van der Waals surface area contributed by atoms with Gasteiger partial charge >= 0.3 is 11.6 Å². The van der Waals surface area contributed by atoms with Crippen LogP contribution in [0.4, 0.5) is 0 Å². The van der Waals surface area contributed by atoms with E-state index in [0.29, 0.717) is 27.8 Å². The van der Waals surface area contributed by atoms with Crippen LogP contribution in [0.1, 0.15) is 16.7 Å². The summed E-state index contributed by atoms with van der Waals surface area (Å²) >= 11 is 0. The Kier molecular flexibility index (Phi) is 3.79. The van der Waals surface area contributed by atoms with Crippen LogP contribution < -0.4 is 10.4 Å². The van der Waals surface area contributed by atoms with E-state index in [9.17, 15) is 9.59 Å². The topological polar surface area (TPSA) is 65.7 Å². The highest BCUT2D eigenvalue weighted by atomic mass is 16.5. The maximum absolute atomic E-state index is 12.0. The molecule has 0 aliphatic carbocycles. The number of hydrogen-bond acceptors (Lipinski definition) is 5. The summed E-state index contributed by atoms with van der Waals surface area (Å²) in [4.78, 5) is 23.4. The summed E-state index contributed by atoms with van der Waals surface area (Å²) in [5.74, 6) is 0.137. The Balaban J connectivity index is 2.76. The van der Waals surface area contributed by atoms with Gasteiger partial charge in [0.05, 0.1) is 31.6 Å². The SMILES string of the molecule is COC(=O)Cc1c(C)c2c(OC)cc(C)cc2oc1=O. The average Bonchev–Trinajstić information content (AvgIpc) is 2.41. The van der Waals surface area contributed by atoms with Crippen LogP contribution in [0.25, 0.3) is 11.0 Å². The number of methoxy groups -OCH3 is 2. The van der Waals surface area contributed by atoms with Crippen molar-refractivity contribution in [2.75, 3.05) is 14.2 Å². The van der Waals surface area contributed by atoms with Crippen LogP contribution in [-0.4, -0.2) is 20.2 Å². The number of ether oxygens (including phenoxy) is 2. The molecule has 1 aromatic carbocycles. The molecule has 2 rings (SSSR count). The zero-order valence-electron chi connectivity index (χ0n) is 11.9. The summed E-state index contributed by atoms with van der Waals surface area (Å²) in [5.41, 5.74) is 1.84. The van der Waals surface area contributed by atoms with E-state index in [4.69, 9.17) is 9.15 Å². The fourth-order valence-electron chi connectivity index (χ4n) is 2.22. The number of esters is 1. The number of fused-ring (bicyclic) bond motifs is 1. The summed E-state index contributed by atoms with van der Waals surface area (Å²) in [7, 11) is 2.84. The molecule has 20 heavy (non-hydrogen) atoms. The van der Waals surface area contributed by atoms with Crippen LogP contribution in [0.3, 0.4) is 0 Å². The second-order valence-corrected chi connectivity index (χ2v) is 4.59. The van der Waals surface area contributed by atoms with Crippen molar-refractivity contribution in [3.05, 3.63) is 39.2 Å². The van der Waals surface area contributed by atoms with E-state index < -0.39 is 11.6 Å². The Labute approximate surface area is 116 Å². The molecule has 1 aromatic heterocycles. The second kappa shape index (κ2) is 5.36. The summed E-state index contributed by atoms with van der Waals surface area (Å²) in [5, 5.41) is 0.705. The molecule has 0 saturated carbocycles. The summed E-state index contributed by atoms with van der Waals surface area (Å²) in [6.45, 7) is 3.66. The average molecular weight is 276 g/mol. The van der Waals surface area contributed by atoms with Crippen molar-refractivity contribution >= 4 is 16.9 Å². The van der Waals surface area contributed by atoms with Crippen molar-refractivity contribution in [3.8, 4) is 5.75 Å². The molecule has 0 fully saturated rings. The molecule has 0 aliphatic rings. The van der Waals surface area contributed by atoms with Gasteiger partial charge in [0.15, 0.2) is 0 Å². The first-order valence-corrected chi connectivity index (χ1v) is 6.15. The number of hydrogen-bond donors (Lipinski definition) is 0. The van der Waals surface area contributed by atoms with Gasteiger partial charge < -0.3 is 13.9 Å². The van der Waals surface area contributed by atoms with Crippen LogP contribution in [-0.2, 0) is 16.0 Å². The van der Waals surface area contributed by atoms with E-state index in [1.807, 2.05) is 13.0 Å². The fraction of sp³-hybridized carbons (Fsp3) is 0.333. The van der Waals surface area contributed by atoms with Crippen LogP contribution in [0.2, 0.25) is 0 Å². The number of aryl methyl sites for hydroxylation is 2. The van der Waals surface area contributed by atoms with E-state index >= 15 is 0 Å². The number of carbonyl (C=O) groups excluding carboxylic acids is 1. The third-order valence-corrected chi connectivity index (χ3v) is 3.26. The van der Waals surface area contributed by atoms with Crippen LogP contribution in [0.5, 0.6) is 5.75 Å². The second-order valence-electron chi connectivity index (χ2n) is 4.59. The van der Waals surface area contributed by atoms with Gasteiger partial charge in [-0.25, -0.2) is 4.79 Å². The van der Waals surface area contributed by atoms with Crippen LogP contribution in [0, 0.1) is 13.8 Å². The molecule has 0 spiro atoms. The van der Waals surface area contributed by atoms with E-state index in [1.165, 1.54) is 7.11 Å². The highest BCUT2D eigenvalue weighted by molar-refractivity contribution is 5.89. The molecule has 5 heteroatoms. The molecule has 0 aliphatic heterocycles. The maximum atomic E-state index is 12.0. The minimum atomic E-state index is -0.520. The van der Waals surface area contributed by atoms with Crippen molar-refractivity contribution in [1.82, 2.24) is 0 Å². The van der Waals surface area contributed by atoms with E-state index in [2.05, 4.69) is 4.74 Å². The quantitative estimate of drug-likeness (QED) is 0.634. The van der Waals surface area contributed by atoms with Gasteiger partial charge in [-0.3, -0.25) is 4.79 Å². The molecular weight excluding hydrogens is 260 g/mol. The highest BCUT2D eigenvalue weighted by Gasteiger charge is 2.18. The Hall–Kier alpha value is -2.30. The van der Waals surface area contributed by atoms with Crippen molar-refractivity contribution in [3.63, 3.8) is 0 Å². The molecule has 106 valence electrons. The predicted octanol–water partition coefficient (Wildman–Crippen LogP) is 2.13. The lowest BCUT2D eigenvalue weighted by Gasteiger charge is -2.11. The van der Waals surface area contributed by atoms with Gasteiger partial charge in [0.25, 0.3) is 0 Å². The van der Waals surface area contributed by atoms with Gasteiger partial charge in [-0.1, -0.05) is 0 Å². The molecule has 0 unspecified atom stereocenters. The third kappa shape index (κ3) is 2.39. The van der Waals surface area contributed by atoms with E-state index in [-0.39, 0.29) is 6.42 Å². The molecule has 0 atom stereocenters. The van der Waals surface area contributed by atoms with Crippen molar-refractivity contribution < 1.29 is 18.7 Å². The van der Waals surface area contributed by atoms with Gasteiger partial charge in [0, 0.05) is 0 Å². The van der Waals surface area contributed by atoms with E-state index in [1.54, 1.807) is 20.1 Å². The number of benzene rings is 1. The first kappa shape index (κ1) is 14.1. The third-order valence-electron chi connectivity index (χ3n) is 3.26. The first-order valence-electron chi connectivity index (χ1n) is 6.15. The Morgan fingerprint density at radius 3 is 2.55 bits per heavy atom. The Morgan fingerprint density at radius 1 is 1.25 bits per heavy atom. The van der Waals surface area contributed by atoms with Crippen molar-refractivity contribution in [2.45, 2.75) is 20.3 Å². The van der Waals surface area contributed by atoms with Gasteiger partial charge in [0.1, 0.15) is 11.3 Å². The standard InChI is InChI=1S/C15H16O5/c1-8-5-11(18-3)14-9(2)10(7-13(16)19-4)15(17)20-12(14)6-8/h5-6H,7H2,1-4H3. The lowest BCUT2D eigenvalue weighted by molar-refractivity contribution is -0.139. The predicted molar refractivity (Wildman–Crippen MR) is 74.2 cm³/mol. The lowest BCUT2D eigenvalue weighted by Crippen LogP contribution is -2.16. The summed E-state index contributed by atoms with van der Waals surface area (Å²) in [6.07, 6.45) is -0.113. The number of rotatable bonds is 3. The minimum absolute atomic E-state index is 0.113. The van der Waals surface area contributed by atoms with Crippen molar-refractivity contribution in [2.24, 2.45) is 0 Å².